The number of amides is 1. The highest BCUT2D eigenvalue weighted by Crippen LogP contribution is 2.19. The van der Waals surface area contributed by atoms with Crippen molar-refractivity contribution in [2.24, 2.45) is 0 Å². The van der Waals surface area contributed by atoms with E-state index in [4.69, 9.17) is 23.2 Å². The molecule has 0 radical (unpaired) electrons. The van der Waals surface area contributed by atoms with E-state index in [2.05, 4.69) is 0 Å². The maximum absolute atomic E-state index is 12.0. The number of allylic oxidation sites excluding steroid dienone is 6. The lowest BCUT2D eigenvalue weighted by Crippen LogP contribution is -2.27. The molecule has 1 aliphatic carbocycles. The third kappa shape index (κ3) is 4.39. The molecule has 1 fully saturated rings. The Kier molecular flexibility index (Phi) is 5.53. The predicted octanol–water partition coefficient (Wildman–Crippen LogP) is 3.66. The van der Waals surface area contributed by atoms with E-state index in [1.807, 2.05) is 35.3 Å². The summed E-state index contributed by atoms with van der Waals surface area (Å²) >= 11 is 12.1. The van der Waals surface area contributed by atoms with Crippen LogP contribution in [0.2, 0.25) is 0 Å². The lowest BCUT2D eigenvalue weighted by atomic mass is 10.1. The van der Waals surface area contributed by atoms with Crippen LogP contribution in [0.5, 0.6) is 0 Å². The van der Waals surface area contributed by atoms with Crippen molar-refractivity contribution < 1.29 is 4.79 Å². The molecule has 0 aromatic heterocycles. The van der Waals surface area contributed by atoms with E-state index in [1.54, 1.807) is 0 Å². The molecule has 19 heavy (non-hydrogen) atoms. The van der Waals surface area contributed by atoms with Crippen LogP contribution in [-0.4, -0.2) is 34.7 Å². The van der Waals surface area contributed by atoms with Crippen LogP contribution in [0.1, 0.15) is 25.7 Å². The Hall–Kier alpha value is -0.730. The quantitative estimate of drug-likeness (QED) is 0.728. The van der Waals surface area contributed by atoms with Crippen LogP contribution in [0.4, 0.5) is 0 Å². The Morgan fingerprint density at radius 3 is 2.63 bits per heavy atom. The van der Waals surface area contributed by atoms with Gasteiger partial charge in [-0.2, -0.15) is 0 Å². The standard InChI is InChI=1S/C15H19Cl2NO/c16-13-5-3-4-12(6-8-14(13)17)7-9-15(19)18-10-1-2-11-18/h3-6,8,13-14H,1-2,7,9-11H2/b5-3?,8-6?,12-4+. The van der Waals surface area contributed by atoms with Gasteiger partial charge >= 0.3 is 0 Å². The van der Waals surface area contributed by atoms with E-state index in [0.29, 0.717) is 6.42 Å². The number of hydrogen-bond donors (Lipinski definition) is 0. The normalized spacial score (nSPS) is 29.8. The Balaban J connectivity index is 1.88. The first-order valence-electron chi connectivity index (χ1n) is 6.78. The van der Waals surface area contributed by atoms with Gasteiger partial charge in [-0.05, 0) is 24.8 Å². The molecule has 2 atom stereocenters. The second kappa shape index (κ2) is 7.16. The summed E-state index contributed by atoms with van der Waals surface area (Å²) in [4.78, 5) is 13.9. The molecule has 0 N–H and O–H groups in total. The van der Waals surface area contributed by atoms with Crippen molar-refractivity contribution in [3.05, 3.63) is 36.0 Å². The number of likely N-dealkylation sites (tertiary alicyclic amines) is 1. The first-order valence-corrected chi connectivity index (χ1v) is 7.65. The van der Waals surface area contributed by atoms with Gasteiger partial charge in [-0.15, -0.1) is 23.2 Å². The molecular formula is C15H19Cl2NO. The number of alkyl halides is 2. The third-order valence-electron chi connectivity index (χ3n) is 3.49. The van der Waals surface area contributed by atoms with E-state index < -0.39 is 0 Å². The van der Waals surface area contributed by atoms with E-state index in [9.17, 15) is 4.79 Å². The van der Waals surface area contributed by atoms with Crippen LogP contribution in [0.3, 0.4) is 0 Å². The fraction of sp³-hybridized carbons (Fsp3) is 0.533. The summed E-state index contributed by atoms with van der Waals surface area (Å²) < 4.78 is 0. The van der Waals surface area contributed by atoms with E-state index in [-0.39, 0.29) is 16.7 Å². The van der Waals surface area contributed by atoms with Crippen molar-refractivity contribution >= 4 is 29.1 Å². The molecule has 2 rings (SSSR count). The third-order valence-corrected chi connectivity index (χ3v) is 4.45. The average Bonchev–Trinajstić information content (AvgIpc) is 2.92. The Labute approximate surface area is 124 Å². The zero-order valence-corrected chi connectivity index (χ0v) is 12.4. The van der Waals surface area contributed by atoms with Gasteiger partial charge in [0.2, 0.25) is 5.91 Å². The SMILES string of the molecule is O=C(CC/C1=C/C=CC(Cl)C(Cl)C=C1)N1CCCC1. The number of hydrogen-bond acceptors (Lipinski definition) is 1. The van der Waals surface area contributed by atoms with Gasteiger partial charge in [0, 0.05) is 19.5 Å². The van der Waals surface area contributed by atoms with Crippen LogP contribution in [0.25, 0.3) is 0 Å². The highest BCUT2D eigenvalue weighted by molar-refractivity contribution is 6.31. The van der Waals surface area contributed by atoms with Crippen molar-refractivity contribution in [3.8, 4) is 0 Å². The Bertz CT molecular complexity index is 408. The van der Waals surface area contributed by atoms with Gasteiger partial charge in [-0.25, -0.2) is 0 Å². The maximum atomic E-state index is 12.0. The van der Waals surface area contributed by atoms with Gasteiger partial charge in [0.1, 0.15) is 0 Å². The molecular weight excluding hydrogens is 281 g/mol. The summed E-state index contributed by atoms with van der Waals surface area (Å²) in [6.45, 7) is 1.84. The lowest BCUT2D eigenvalue weighted by Gasteiger charge is -2.15. The van der Waals surface area contributed by atoms with E-state index >= 15 is 0 Å². The second-order valence-corrected chi connectivity index (χ2v) is 5.97. The minimum Gasteiger partial charge on any atom is -0.343 e. The van der Waals surface area contributed by atoms with E-state index in [0.717, 1.165) is 37.9 Å². The minimum absolute atomic E-state index is 0.179. The molecule has 1 heterocycles. The monoisotopic (exact) mass is 299 g/mol. The average molecular weight is 300 g/mol. The molecule has 1 aliphatic heterocycles. The van der Waals surface area contributed by atoms with Crippen LogP contribution in [0, 0.1) is 0 Å². The molecule has 2 aliphatic rings. The zero-order chi connectivity index (χ0) is 13.7. The number of rotatable bonds is 3. The van der Waals surface area contributed by atoms with Crippen molar-refractivity contribution in [2.45, 2.75) is 36.4 Å². The van der Waals surface area contributed by atoms with Crippen molar-refractivity contribution in [1.82, 2.24) is 4.90 Å². The molecule has 4 heteroatoms. The minimum atomic E-state index is -0.198. The Morgan fingerprint density at radius 1 is 1.21 bits per heavy atom. The molecule has 0 bridgehead atoms. The van der Waals surface area contributed by atoms with Gasteiger partial charge < -0.3 is 4.90 Å². The predicted molar refractivity (Wildman–Crippen MR) is 80.7 cm³/mol. The molecule has 2 unspecified atom stereocenters. The van der Waals surface area contributed by atoms with Crippen molar-refractivity contribution in [1.29, 1.82) is 0 Å². The fourth-order valence-electron chi connectivity index (χ4n) is 2.31. The summed E-state index contributed by atoms with van der Waals surface area (Å²) in [5.74, 6) is 0.260. The summed E-state index contributed by atoms with van der Waals surface area (Å²) in [6.07, 6.45) is 13.3. The molecule has 0 aromatic carbocycles. The molecule has 104 valence electrons. The maximum Gasteiger partial charge on any atom is 0.222 e. The first-order chi connectivity index (χ1) is 9.16. The molecule has 2 nitrogen and oxygen atoms in total. The van der Waals surface area contributed by atoms with Gasteiger partial charge in [0.05, 0.1) is 10.8 Å². The Morgan fingerprint density at radius 2 is 1.89 bits per heavy atom. The molecule has 1 amide bonds. The first kappa shape index (κ1) is 14.7. The summed E-state index contributed by atoms with van der Waals surface area (Å²) in [7, 11) is 0. The molecule has 0 spiro atoms. The summed E-state index contributed by atoms with van der Waals surface area (Å²) in [5, 5.41) is -0.377. The fourth-order valence-corrected chi connectivity index (χ4v) is 2.64. The van der Waals surface area contributed by atoms with Crippen LogP contribution >= 0.6 is 23.2 Å². The highest BCUT2D eigenvalue weighted by atomic mass is 35.5. The van der Waals surface area contributed by atoms with Crippen molar-refractivity contribution in [2.75, 3.05) is 13.1 Å². The number of halogens is 2. The number of nitrogens with zero attached hydrogens (tertiary/aromatic N) is 1. The van der Waals surface area contributed by atoms with Crippen molar-refractivity contribution in [3.63, 3.8) is 0 Å². The summed E-state index contributed by atoms with van der Waals surface area (Å²) in [5.41, 5.74) is 1.12. The topological polar surface area (TPSA) is 20.3 Å². The van der Waals surface area contributed by atoms with Crippen LogP contribution in [0.15, 0.2) is 36.0 Å². The number of carbonyl (C=O) groups is 1. The smallest absolute Gasteiger partial charge is 0.222 e. The van der Waals surface area contributed by atoms with Gasteiger partial charge in [-0.1, -0.05) is 30.4 Å². The van der Waals surface area contributed by atoms with Gasteiger partial charge in [-0.3, -0.25) is 4.79 Å². The summed E-state index contributed by atoms with van der Waals surface area (Å²) in [6, 6.07) is 0. The zero-order valence-electron chi connectivity index (χ0n) is 10.9. The molecule has 1 saturated heterocycles. The van der Waals surface area contributed by atoms with E-state index in [1.165, 1.54) is 0 Å². The molecule has 0 saturated carbocycles. The highest BCUT2D eigenvalue weighted by Gasteiger charge is 2.17. The largest absolute Gasteiger partial charge is 0.343 e. The van der Waals surface area contributed by atoms with Crippen LogP contribution in [-0.2, 0) is 4.79 Å². The van der Waals surface area contributed by atoms with Gasteiger partial charge in [0.25, 0.3) is 0 Å². The van der Waals surface area contributed by atoms with Crippen LogP contribution < -0.4 is 0 Å². The lowest BCUT2D eigenvalue weighted by molar-refractivity contribution is -0.130. The second-order valence-electron chi connectivity index (χ2n) is 4.96. The molecule has 0 aromatic rings. The van der Waals surface area contributed by atoms with Gasteiger partial charge in [0.15, 0.2) is 0 Å². The number of carbonyl (C=O) groups excluding carboxylic acids is 1.